The van der Waals surface area contributed by atoms with E-state index in [-0.39, 0.29) is 5.91 Å². The van der Waals surface area contributed by atoms with Gasteiger partial charge in [0.15, 0.2) is 6.10 Å². The van der Waals surface area contributed by atoms with Crippen LogP contribution in [-0.4, -0.2) is 54.6 Å². The van der Waals surface area contributed by atoms with Crippen LogP contribution in [0.25, 0.3) is 0 Å². The first-order valence-corrected chi connectivity index (χ1v) is 10.2. The highest BCUT2D eigenvalue weighted by Gasteiger charge is 2.33. The minimum absolute atomic E-state index is 0.0849. The number of hydrogen-bond acceptors (Lipinski definition) is 4. The molecule has 0 radical (unpaired) electrons. The van der Waals surface area contributed by atoms with Crippen LogP contribution in [0.15, 0.2) is 36.4 Å². The predicted molar refractivity (Wildman–Crippen MR) is 107 cm³/mol. The van der Waals surface area contributed by atoms with E-state index in [9.17, 15) is 4.79 Å². The SMILES string of the molecule is O=C(C1Cc2cc(Cl)ccc2O1)N1CCN(Cc2ccc3c(c2)CCO3)CC1. The smallest absolute Gasteiger partial charge is 0.264 e. The summed E-state index contributed by atoms with van der Waals surface area (Å²) in [6, 6.07) is 12.0. The molecule has 146 valence electrons. The quantitative estimate of drug-likeness (QED) is 0.797. The molecule has 0 bridgehead atoms. The second-order valence-electron chi connectivity index (χ2n) is 7.70. The lowest BCUT2D eigenvalue weighted by Crippen LogP contribution is -2.51. The van der Waals surface area contributed by atoms with Crippen molar-refractivity contribution in [1.29, 1.82) is 0 Å². The number of halogens is 1. The van der Waals surface area contributed by atoms with Gasteiger partial charge in [-0.2, -0.15) is 0 Å². The zero-order valence-corrected chi connectivity index (χ0v) is 16.5. The van der Waals surface area contributed by atoms with Gasteiger partial charge in [0.1, 0.15) is 11.5 Å². The third-order valence-corrected chi connectivity index (χ3v) is 6.05. The summed E-state index contributed by atoms with van der Waals surface area (Å²) in [5, 5.41) is 0.683. The molecule has 5 nitrogen and oxygen atoms in total. The lowest BCUT2D eigenvalue weighted by molar-refractivity contribution is -0.139. The van der Waals surface area contributed by atoms with Crippen molar-refractivity contribution in [1.82, 2.24) is 9.80 Å². The van der Waals surface area contributed by atoms with E-state index >= 15 is 0 Å². The third kappa shape index (κ3) is 3.45. The molecule has 6 heteroatoms. The Morgan fingerprint density at radius 2 is 1.86 bits per heavy atom. The summed E-state index contributed by atoms with van der Waals surface area (Å²) in [7, 11) is 0. The van der Waals surface area contributed by atoms with Crippen molar-refractivity contribution >= 4 is 17.5 Å². The molecule has 3 aliphatic heterocycles. The fourth-order valence-electron chi connectivity index (χ4n) is 4.28. The van der Waals surface area contributed by atoms with Crippen LogP contribution in [0.2, 0.25) is 5.02 Å². The Labute approximate surface area is 169 Å². The lowest BCUT2D eigenvalue weighted by Gasteiger charge is -2.35. The molecule has 0 N–H and O–H groups in total. The number of amides is 1. The summed E-state index contributed by atoms with van der Waals surface area (Å²) in [4.78, 5) is 17.2. The summed E-state index contributed by atoms with van der Waals surface area (Å²) >= 11 is 6.05. The summed E-state index contributed by atoms with van der Waals surface area (Å²) < 4.78 is 11.5. The van der Waals surface area contributed by atoms with Crippen LogP contribution in [0, 0.1) is 0 Å². The molecule has 5 rings (SSSR count). The van der Waals surface area contributed by atoms with Crippen LogP contribution >= 0.6 is 11.6 Å². The van der Waals surface area contributed by atoms with Gasteiger partial charge in [0.2, 0.25) is 0 Å². The summed E-state index contributed by atoms with van der Waals surface area (Å²) in [5.74, 6) is 1.89. The minimum Gasteiger partial charge on any atom is -0.493 e. The van der Waals surface area contributed by atoms with Gasteiger partial charge in [-0.25, -0.2) is 0 Å². The number of ether oxygens (including phenoxy) is 2. The molecule has 1 saturated heterocycles. The van der Waals surface area contributed by atoms with Gasteiger partial charge in [-0.15, -0.1) is 0 Å². The number of carbonyl (C=O) groups is 1. The van der Waals surface area contributed by atoms with Gasteiger partial charge < -0.3 is 14.4 Å². The molecule has 2 aromatic rings. The number of nitrogens with zero attached hydrogens (tertiary/aromatic N) is 2. The molecule has 0 saturated carbocycles. The van der Waals surface area contributed by atoms with E-state index in [1.54, 1.807) is 6.07 Å². The predicted octanol–water partition coefficient (Wildman–Crippen LogP) is 2.92. The monoisotopic (exact) mass is 398 g/mol. The standard InChI is InChI=1S/C22H23ClN2O3/c23-18-2-4-20-17(12-18)13-21(28-20)22(26)25-8-6-24(7-9-25)14-15-1-3-19-16(11-15)5-10-27-19/h1-4,11-12,21H,5-10,13-14H2. The van der Waals surface area contributed by atoms with Gasteiger partial charge in [0, 0.05) is 50.6 Å². The van der Waals surface area contributed by atoms with Crippen molar-refractivity contribution in [2.75, 3.05) is 32.8 Å². The molecule has 0 spiro atoms. The topological polar surface area (TPSA) is 42.0 Å². The second kappa shape index (κ2) is 7.30. The van der Waals surface area contributed by atoms with E-state index < -0.39 is 6.10 Å². The Hall–Kier alpha value is -2.24. The highest BCUT2D eigenvalue weighted by Crippen LogP contribution is 2.32. The summed E-state index contributed by atoms with van der Waals surface area (Å²) in [5.41, 5.74) is 3.64. The number of piperazine rings is 1. The number of rotatable bonds is 3. The van der Waals surface area contributed by atoms with E-state index in [4.69, 9.17) is 21.1 Å². The number of benzene rings is 2. The van der Waals surface area contributed by atoms with Crippen LogP contribution in [0.3, 0.4) is 0 Å². The van der Waals surface area contributed by atoms with Crippen molar-refractivity contribution in [2.45, 2.75) is 25.5 Å². The molecule has 3 aliphatic rings. The van der Waals surface area contributed by atoms with Crippen LogP contribution in [-0.2, 0) is 24.2 Å². The van der Waals surface area contributed by atoms with Crippen LogP contribution in [0.4, 0.5) is 0 Å². The maximum atomic E-state index is 12.9. The summed E-state index contributed by atoms with van der Waals surface area (Å²) in [6.07, 6.45) is 1.18. The van der Waals surface area contributed by atoms with Gasteiger partial charge in [-0.3, -0.25) is 9.69 Å². The molecule has 1 unspecified atom stereocenters. The molecule has 1 atom stereocenters. The molecule has 2 aromatic carbocycles. The van der Waals surface area contributed by atoms with Crippen molar-refractivity contribution in [2.24, 2.45) is 0 Å². The van der Waals surface area contributed by atoms with E-state index in [1.165, 1.54) is 11.1 Å². The fourth-order valence-corrected chi connectivity index (χ4v) is 4.48. The highest BCUT2D eigenvalue weighted by atomic mass is 35.5. The highest BCUT2D eigenvalue weighted by molar-refractivity contribution is 6.30. The first-order valence-electron chi connectivity index (χ1n) is 9.86. The van der Waals surface area contributed by atoms with Crippen molar-refractivity contribution in [3.63, 3.8) is 0 Å². The molecule has 3 heterocycles. The zero-order chi connectivity index (χ0) is 19.1. The number of carbonyl (C=O) groups excluding carboxylic acids is 1. The average Bonchev–Trinajstić information content (AvgIpc) is 3.34. The Morgan fingerprint density at radius 1 is 1.04 bits per heavy atom. The summed E-state index contributed by atoms with van der Waals surface area (Å²) in [6.45, 7) is 4.95. The maximum absolute atomic E-state index is 12.9. The van der Waals surface area contributed by atoms with E-state index in [2.05, 4.69) is 23.1 Å². The molecule has 0 aliphatic carbocycles. The van der Waals surface area contributed by atoms with Crippen molar-refractivity contribution in [3.8, 4) is 11.5 Å². The molecule has 1 fully saturated rings. The second-order valence-corrected chi connectivity index (χ2v) is 8.14. The van der Waals surface area contributed by atoms with Crippen LogP contribution < -0.4 is 9.47 Å². The number of fused-ring (bicyclic) bond motifs is 2. The maximum Gasteiger partial charge on any atom is 0.264 e. The third-order valence-electron chi connectivity index (χ3n) is 5.82. The zero-order valence-electron chi connectivity index (χ0n) is 15.7. The largest absolute Gasteiger partial charge is 0.493 e. The molecular weight excluding hydrogens is 376 g/mol. The van der Waals surface area contributed by atoms with E-state index in [0.29, 0.717) is 11.4 Å². The van der Waals surface area contributed by atoms with Crippen LogP contribution in [0.5, 0.6) is 11.5 Å². The Kier molecular flexibility index (Phi) is 4.65. The average molecular weight is 399 g/mol. The van der Waals surface area contributed by atoms with Gasteiger partial charge >= 0.3 is 0 Å². The van der Waals surface area contributed by atoms with Crippen LogP contribution in [0.1, 0.15) is 16.7 Å². The molecule has 1 amide bonds. The first kappa shape index (κ1) is 17.8. The van der Waals surface area contributed by atoms with Gasteiger partial charge in [0.05, 0.1) is 6.61 Å². The Bertz CT molecular complexity index is 909. The Balaban J connectivity index is 1.16. The lowest BCUT2D eigenvalue weighted by atomic mass is 10.1. The first-order chi connectivity index (χ1) is 13.7. The molecule has 0 aromatic heterocycles. The molecule has 28 heavy (non-hydrogen) atoms. The molecular formula is C22H23ClN2O3. The van der Waals surface area contributed by atoms with Crippen molar-refractivity contribution < 1.29 is 14.3 Å². The van der Waals surface area contributed by atoms with Gasteiger partial charge in [-0.05, 0) is 41.0 Å². The van der Waals surface area contributed by atoms with Gasteiger partial charge in [0.25, 0.3) is 5.91 Å². The Morgan fingerprint density at radius 3 is 2.71 bits per heavy atom. The normalized spacial score (nSPS) is 21.0. The minimum atomic E-state index is -0.420. The van der Waals surface area contributed by atoms with E-state index in [1.807, 2.05) is 17.0 Å². The number of hydrogen-bond donors (Lipinski definition) is 0. The van der Waals surface area contributed by atoms with Gasteiger partial charge in [-0.1, -0.05) is 23.7 Å². The fraction of sp³-hybridized carbons (Fsp3) is 0.409. The van der Waals surface area contributed by atoms with Crippen molar-refractivity contribution in [3.05, 3.63) is 58.1 Å². The van der Waals surface area contributed by atoms with E-state index in [0.717, 1.165) is 62.8 Å².